The van der Waals surface area contributed by atoms with Gasteiger partial charge in [0.15, 0.2) is 5.60 Å². The van der Waals surface area contributed by atoms with Crippen molar-refractivity contribution in [3.8, 4) is 0 Å². The van der Waals surface area contributed by atoms with Crippen LogP contribution in [0.15, 0.2) is 30.9 Å². The van der Waals surface area contributed by atoms with E-state index in [1.54, 1.807) is 0 Å². The molecule has 1 aromatic heterocycles. The van der Waals surface area contributed by atoms with Crippen molar-refractivity contribution >= 4 is 9.84 Å². The van der Waals surface area contributed by atoms with E-state index in [1.807, 2.05) is 0 Å². The van der Waals surface area contributed by atoms with Crippen LogP contribution in [0.5, 0.6) is 0 Å². The number of hydrogen-bond acceptors (Lipinski definition) is 5. The van der Waals surface area contributed by atoms with E-state index < -0.39 is 44.4 Å². The number of hydrogen-bond donors (Lipinski definition) is 1. The van der Waals surface area contributed by atoms with Crippen LogP contribution in [0.1, 0.15) is 5.56 Å². The highest BCUT2D eigenvalue weighted by Gasteiger charge is 2.62. The molecule has 0 saturated heterocycles. The van der Waals surface area contributed by atoms with Crippen molar-refractivity contribution in [2.75, 3.05) is 6.26 Å². The molecule has 0 radical (unpaired) electrons. The van der Waals surface area contributed by atoms with E-state index in [4.69, 9.17) is 0 Å². The molecule has 0 unspecified atom stereocenters. The van der Waals surface area contributed by atoms with Gasteiger partial charge in [-0.05, 0) is 12.1 Å². The molecule has 126 valence electrons. The van der Waals surface area contributed by atoms with Gasteiger partial charge in [-0.2, -0.15) is 13.9 Å². The fraction of sp³-hybridized carbons (Fsp3) is 0.333. The SMILES string of the molecule is CS(=O)(=O)C(F)(F)[C@@](O)(Cn1cncn1)c1ccc(F)cc1F. The lowest BCUT2D eigenvalue weighted by Crippen LogP contribution is -2.53. The molecule has 2 rings (SSSR count). The zero-order chi connectivity index (χ0) is 17.5. The third-order valence-electron chi connectivity index (χ3n) is 3.18. The molecule has 0 fully saturated rings. The van der Waals surface area contributed by atoms with Crippen molar-refractivity contribution in [3.63, 3.8) is 0 Å². The Bertz CT molecular complexity index is 811. The van der Waals surface area contributed by atoms with Crippen LogP contribution < -0.4 is 0 Å². The molecule has 0 amide bonds. The van der Waals surface area contributed by atoms with Gasteiger partial charge in [0.2, 0.25) is 9.84 Å². The Kier molecular flexibility index (Phi) is 4.20. The summed E-state index contributed by atoms with van der Waals surface area (Å²) < 4.78 is 79.2. The molecule has 0 spiro atoms. The third kappa shape index (κ3) is 2.93. The zero-order valence-electron chi connectivity index (χ0n) is 11.6. The summed E-state index contributed by atoms with van der Waals surface area (Å²) in [4.78, 5) is 3.47. The highest BCUT2D eigenvalue weighted by Crippen LogP contribution is 2.43. The summed E-state index contributed by atoms with van der Waals surface area (Å²) in [6, 6.07) is 1.45. The van der Waals surface area contributed by atoms with Gasteiger partial charge >= 0.3 is 5.25 Å². The Morgan fingerprint density at radius 3 is 2.43 bits per heavy atom. The predicted molar refractivity (Wildman–Crippen MR) is 70.1 cm³/mol. The minimum Gasteiger partial charge on any atom is -0.376 e. The lowest BCUT2D eigenvalue weighted by molar-refractivity contribution is -0.144. The van der Waals surface area contributed by atoms with E-state index in [2.05, 4.69) is 10.1 Å². The van der Waals surface area contributed by atoms with Crippen LogP contribution in [-0.2, 0) is 22.0 Å². The quantitative estimate of drug-likeness (QED) is 0.813. The van der Waals surface area contributed by atoms with Crippen molar-refractivity contribution in [3.05, 3.63) is 48.1 Å². The molecule has 11 heteroatoms. The summed E-state index contributed by atoms with van der Waals surface area (Å²) in [5.74, 6) is -2.59. The maximum Gasteiger partial charge on any atom is 0.379 e. The minimum atomic E-state index is -5.14. The van der Waals surface area contributed by atoms with Crippen LogP contribution in [-0.4, -0.2) is 39.8 Å². The molecule has 0 saturated carbocycles. The molecule has 1 aromatic carbocycles. The van der Waals surface area contributed by atoms with Gasteiger partial charge in [0, 0.05) is 17.9 Å². The smallest absolute Gasteiger partial charge is 0.376 e. The van der Waals surface area contributed by atoms with Crippen LogP contribution >= 0.6 is 0 Å². The Morgan fingerprint density at radius 1 is 1.30 bits per heavy atom. The number of nitrogens with zero attached hydrogens (tertiary/aromatic N) is 3. The normalized spacial score (nSPS) is 15.4. The number of halogens is 4. The maximum absolute atomic E-state index is 14.4. The molecule has 1 N–H and O–H groups in total. The average Bonchev–Trinajstić information content (AvgIpc) is 2.89. The molecule has 1 atom stereocenters. The molecular formula is C12H11F4N3O3S. The largest absolute Gasteiger partial charge is 0.379 e. The van der Waals surface area contributed by atoms with Gasteiger partial charge in [0.1, 0.15) is 24.3 Å². The predicted octanol–water partition coefficient (Wildman–Crippen LogP) is 1.08. The lowest BCUT2D eigenvalue weighted by atomic mass is 9.93. The minimum absolute atomic E-state index is 0.195. The van der Waals surface area contributed by atoms with Gasteiger partial charge in [0.25, 0.3) is 0 Å². The van der Waals surface area contributed by atoms with Crippen LogP contribution in [0.25, 0.3) is 0 Å². The second kappa shape index (κ2) is 5.57. The molecule has 0 aliphatic heterocycles. The van der Waals surface area contributed by atoms with E-state index >= 15 is 0 Å². The van der Waals surface area contributed by atoms with Gasteiger partial charge in [-0.25, -0.2) is 26.9 Å². The summed E-state index contributed by atoms with van der Waals surface area (Å²) in [7, 11) is -5.14. The first-order valence-corrected chi connectivity index (χ1v) is 7.96. The topological polar surface area (TPSA) is 85.1 Å². The van der Waals surface area contributed by atoms with Crippen LogP contribution in [0, 0.1) is 11.6 Å². The van der Waals surface area contributed by atoms with Gasteiger partial charge in [0.05, 0.1) is 6.54 Å². The number of rotatable bonds is 5. The van der Waals surface area contributed by atoms with Crippen molar-refractivity contribution in [1.82, 2.24) is 14.8 Å². The summed E-state index contributed by atoms with van der Waals surface area (Å²) in [6.45, 7) is -1.12. The van der Waals surface area contributed by atoms with Crippen molar-refractivity contribution in [2.24, 2.45) is 0 Å². The number of sulfone groups is 1. The van der Waals surface area contributed by atoms with E-state index in [0.717, 1.165) is 12.7 Å². The Labute approximate surface area is 128 Å². The Balaban J connectivity index is 2.69. The molecular weight excluding hydrogens is 342 g/mol. The van der Waals surface area contributed by atoms with Gasteiger partial charge in [-0.15, -0.1) is 0 Å². The first-order chi connectivity index (χ1) is 10.5. The Hall–Kier alpha value is -2.01. The maximum atomic E-state index is 14.4. The van der Waals surface area contributed by atoms with Gasteiger partial charge < -0.3 is 5.11 Å². The summed E-state index contributed by atoms with van der Waals surface area (Å²) >= 11 is 0. The molecule has 1 heterocycles. The second-order valence-electron chi connectivity index (χ2n) is 4.87. The molecule has 2 aromatic rings. The highest BCUT2D eigenvalue weighted by molar-refractivity contribution is 7.91. The highest BCUT2D eigenvalue weighted by atomic mass is 32.2. The van der Waals surface area contributed by atoms with Crippen molar-refractivity contribution < 1.29 is 31.1 Å². The van der Waals surface area contributed by atoms with E-state index in [9.17, 15) is 31.1 Å². The zero-order valence-corrected chi connectivity index (χ0v) is 12.4. The first-order valence-electron chi connectivity index (χ1n) is 6.07. The summed E-state index contributed by atoms with van der Waals surface area (Å²) in [6.07, 6.45) is 2.09. The average molecular weight is 353 g/mol. The molecule has 6 nitrogen and oxygen atoms in total. The van der Waals surface area contributed by atoms with E-state index in [0.29, 0.717) is 16.8 Å². The number of benzene rings is 1. The molecule has 0 bridgehead atoms. The number of aliphatic hydroxyl groups is 1. The second-order valence-corrected chi connectivity index (χ2v) is 6.92. The third-order valence-corrected chi connectivity index (χ3v) is 4.45. The lowest BCUT2D eigenvalue weighted by Gasteiger charge is -2.34. The number of alkyl halides is 2. The molecule has 23 heavy (non-hydrogen) atoms. The van der Waals surface area contributed by atoms with Gasteiger partial charge in [-0.3, -0.25) is 0 Å². The van der Waals surface area contributed by atoms with Crippen LogP contribution in [0.4, 0.5) is 17.6 Å². The van der Waals surface area contributed by atoms with Crippen LogP contribution in [0.2, 0.25) is 0 Å². The summed E-state index contributed by atoms with van der Waals surface area (Å²) in [5, 5.41) is 9.13. The number of aromatic nitrogens is 3. The van der Waals surface area contributed by atoms with Crippen molar-refractivity contribution in [2.45, 2.75) is 17.4 Å². The first kappa shape index (κ1) is 17.3. The fourth-order valence-electron chi connectivity index (χ4n) is 2.01. The molecule has 0 aliphatic carbocycles. The monoisotopic (exact) mass is 353 g/mol. The van der Waals surface area contributed by atoms with E-state index in [-0.39, 0.29) is 12.3 Å². The standard InChI is InChI=1S/C12H11F4N3O3S/c1-23(21,22)12(15,16)11(20,5-19-7-17-6-18-19)9-3-2-8(13)4-10(9)14/h2-4,6-7,20H,5H2,1H3/t11-/m1/s1. The van der Waals surface area contributed by atoms with Crippen molar-refractivity contribution in [1.29, 1.82) is 0 Å². The Morgan fingerprint density at radius 2 is 1.96 bits per heavy atom. The van der Waals surface area contributed by atoms with Gasteiger partial charge in [-0.1, -0.05) is 0 Å². The van der Waals surface area contributed by atoms with E-state index in [1.165, 1.54) is 0 Å². The summed E-state index contributed by atoms with van der Waals surface area (Å²) in [5.41, 5.74) is -4.60. The molecule has 0 aliphatic rings. The van der Waals surface area contributed by atoms with Crippen LogP contribution in [0.3, 0.4) is 0 Å². The fourth-order valence-corrected chi connectivity index (χ4v) is 2.80.